The van der Waals surface area contributed by atoms with E-state index in [-0.39, 0.29) is 31.1 Å². The molecule has 0 aliphatic heterocycles. The molecule has 0 radical (unpaired) electrons. The van der Waals surface area contributed by atoms with Crippen LogP contribution in [0.15, 0.2) is 0 Å². The first-order valence-electron chi connectivity index (χ1n) is 38.0. The second kappa shape index (κ2) is 71.9. The lowest BCUT2D eigenvalue weighted by molar-refractivity contribution is -0.167. The predicted octanol–water partition coefficient (Wildman–Crippen LogP) is 26.2. The minimum Gasteiger partial charge on any atom is -0.462 e. The highest BCUT2D eigenvalue weighted by Gasteiger charge is 2.20. The number of carbonyl (C=O) groups excluding carboxylic acids is 3. The van der Waals surface area contributed by atoms with E-state index in [1.165, 1.54) is 353 Å². The molecule has 0 aromatic carbocycles. The minimum absolute atomic E-state index is 0.0599. The Hall–Kier alpha value is -1.59. The number of rotatable bonds is 72. The van der Waals surface area contributed by atoms with Gasteiger partial charge in [0.05, 0.1) is 0 Å². The first kappa shape index (κ1) is 80.4. The van der Waals surface area contributed by atoms with Crippen LogP contribution in [0.5, 0.6) is 0 Å². The van der Waals surface area contributed by atoms with Crippen LogP contribution in [0.25, 0.3) is 0 Å². The zero-order valence-electron chi connectivity index (χ0n) is 56.3. The van der Waals surface area contributed by atoms with Crippen molar-refractivity contribution in [2.75, 3.05) is 13.2 Å². The number of esters is 3. The highest BCUT2D eigenvalue weighted by atomic mass is 16.6. The molecule has 0 amide bonds. The molecule has 0 aliphatic carbocycles. The maximum atomic E-state index is 13.0. The Morgan fingerprint density at radius 1 is 0.195 bits per heavy atom. The Kier molecular flexibility index (Phi) is 70.5. The molecule has 82 heavy (non-hydrogen) atoms. The molecule has 0 aromatic heterocycles. The van der Waals surface area contributed by atoms with E-state index in [9.17, 15) is 14.4 Å². The highest BCUT2D eigenvalue weighted by molar-refractivity contribution is 5.71. The summed E-state index contributed by atoms with van der Waals surface area (Å²) < 4.78 is 17.0. The molecule has 0 spiro atoms. The van der Waals surface area contributed by atoms with Crippen molar-refractivity contribution in [1.29, 1.82) is 0 Å². The predicted molar refractivity (Wildman–Crippen MR) is 358 cm³/mol. The maximum Gasteiger partial charge on any atom is 0.306 e. The van der Waals surface area contributed by atoms with Crippen molar-refractivity contribution in [3.63, 3.8) is 0 Å². The van der Waals surface area contributed by atoms with Crippen LogP contribution in [0.3, 0.4) is 0 Å². The molecular weight excluding hydrogens is 1010 g/mol. The van der Waals surface area contributed by atoms with Gasteiger partial charge < -0.3 is 14.2 Å². The van der Waals surface area contributed by atoms with Gasteiger partial charge in [0.15, 0.2) is 6.10 Å². The first-order chi connectivity index (χ1) is 40.5. The topological polar surface area (TPSA) is 78.9 Å². The van der Waals surface area contributed by atoms with Gasteiger partial charge in [-0.3, -0.25) is 14.4 Å². The van der Waals surface area contributed by atoms with E-state index in [1.54, 1.807) is 0 Å². The van der Waals surface area contributed by atoms with Crippen molar-refractivity contribution in [3.05, 3.63) is 0 Å². The van der Waals surface area contributed by atoms with Crippen molar-refractivity contribution in [2.45, 2.75) is 457 Å². The van der Waals surface area contributed by atoms with Crippen LogP contribution in [-0.4, -0.2) is 37.2 Å². The molecule has 1 unspecified atom stereocenters. The molecule has 0 aliphatic rings. The second-order valence-corrected chi connectivity index (χ2v) is 26.3. The molecule has 6 nitrogen and oxygen atoms in total. The Bertz CT molecular complexity index is 1240. The number of unbranched alkanes of at least 4 members (excludes halogenated alkanes) is 61. The number of ether oxygens (including phenoxy) is 3. The molecule has 0 N–H and O–H groups in total. The molecule has 0 heterocycles. The zero-order valence-corrected chi connectivity index (χ0v) is 56.3. The standard InChI is InChI=1S/C76H148O6/c1-4-7-10-13-16-19-22-25-28-30-32-34-36-37-38-39-40-41-43-44-46-48-51-54-57-60-63-66-69-75(78)81-72-73(71-80-74(77)68-65-62-59-56-53-50-27-24-21-18-15-12-9-6-3)82-76(79)70-67-64-61-58-55-52-49-47-45-42-35-33-31-29-26-23-20-17-14-11-8-5-2/h73H,4-72H2,1-3H3. The smallest absolute Gasteiger partial charge is 0.306 e. The monoisotopic (exact) mass is 1160 g/mol. The first-order valence-corrected chi connectivity index (χ1v) is 38.0. The highest BCUT2D eigenvalue weighted by Crippen LogP contribution is 2.20. The van der Waals surface area contributed by atoms with Gasteiger partial charge in [-0.1, -0.05) is 412 Å². The van der Waals surface area contributed by atoms with Crippen LogP contribution in [0.4, 0.5) is 0 Å². The van der Waals surface area contributed by atoms with Crippen LogP contribution in [0.1, 0.15) is 451 Å². The summed E-state index contributed by atoms with van der Waals surface area (Å²) in [5, 5.41) is 0. The Balaban J connectivity index is 4.16. The second-order valence-electron chi connectivity index (χ2n) is 26.3. The van der Waals surface area contributed by atoms with Crippen LogP contribution in [0, 0.1) is 0 Å². The Morgan fingerprint density at radius 2 is 0.329 bits per heavy atom. The molecule has 6 heteroatoms. The van der Waals surface area contributed by atoms with Crippen molar-refractivity contribution < 1.29 is 28.6 Å². The summed E-state index contributed by atoms with van der Waals surface area (Å²) in [6.07, 6.45) is 85.9. The molecule has 0 aromatic rings. The number of hydrogen-bond donors (Lipinski definition) is 0. The van der Waals surface area contributed by atoms with Crippen molar-refractivity contribution in [1.82, 2.24) is 0 Å². The van der Waals surface area contributed by atoms with E-state index < -0.39 is 6.10 Å². The van der Waals surface area contributed by atoms with Crippen LogP contribution in [0.2, 0.25) is 0 Å². The Morgan fingerprint density at radius 3 is 0.488 bits per heavy atom. The van der Waals surface area contributed by atoms with Gasteiger partial charge in [0.25, 0.3) is 0 Å². The summed E-state index contributed by atoms with van der Waals surface area (Å²) in [5.41, 5.74) is 0. The Labute approximate surface area is 514 Å². The fraction of sp³-hybridized carbons (Fsp3) is 0.961. The fourth-order valence-electron chi connectivity index (χ4n) is 12.2. The summed E-state index contributed by atoms with van der Waals surface area (Å²) in [5.74, 6) is -0.816. The van der Waals surface area contributed by atoms with Gasteiger partial charge in [0, 0.05) is 19.3 Å². The normalized spacial score (nSPS) is 11.9. The van der Waals surface area contributed by atoms with Crippen molar-refractivity contribution in [3.8, 4) is 0 Å². The summed E-state index contributed by atoms with van der Waals surface area (Å²) >= 11 is 0. The lowest BCUT2D eigenvalue weighted by atomic mass is 10.0. The summed E-state index contributed by atoms with van der Waals surface area (Å²) in [4.78, 5) is 38.5. The average Bonchev–Trinajstić information content (AvgIpc) is 3.47. The van der Waals surface area contributed by atoms with Gasteiger partial charge in [0.1, 0.15) is 13.2 Å². The van der Waals surface area contributed by atoms with Crippen LogP contribution >= 0.6 is 0 Å². The summed E-state index contributed by atoms with van der Waals surface area (Å²) in [6, 6.07) is 0. The van der Waals surface area contributed by atoms with Gasteiger partial charge in [-0.2, -0.15) is 0 Å². The van der Waals surface area contributed by atoms with Crippen molar-refractivity contribution in [2.24, 2.45) is 0 Å². The third-order valence-corrected chi connectivity index (χ3v) is 17.9. The van der Waals surface area contributed by atoms with Crippen LogP contribution < -0.4 is 0 Å². The van der Waals surface area contributed by atoms with Gasteiger partial charge in [-0.25, -0.2) is 0 Å². The quantitative estimate of drug-likeness (QED) is 0.0343. The fourth-order valence-corrected chi connectivity index (χ4v) is 12.2. The molecule has 0 rings (SSSR count). The van der Waals surface area contributed by atoms with E-state index >= 15 is 0 Å². The van der Waals surface area contributed by atoms with E-state index in [1.807, 2.05) is 0 Å². The molecule has 488 valence electrons. The third kappa shape index (κ3) is 69.2. The van der Waals surface area contributed by atoms with Gasteiger partial charge in [-0.05, 0) is 19.3 Å². The van der Waals surface area contributed by atoms with Gasteiger partial charge >= 0.3 is 17.9 Å². The molecule has 0 fully saturated rings. The largest absolute Gasteiger partial charge is 0.462 e. The third-order valence-electron chi connectivity index (χ3n) is 17.9. The minimum atomic E-state index is -0.764. The lowest BCUT2D eigenvalue weighted by Crippen LogP contribution is -2.30. The molecule has 0 saturated carbocycles. The van der Waals surface area contributed by atoms with Crippen molar-refractivity contribution >= 4 is 17.9 Å². The van der Waals surface area contributed by atoms with Gasteiger partial charge in [0.2, 0.25) is 0 Å². The van der Waals surface area contributed by atoms with Gasteiger partial charge in [-0.15, -0.1) is 0 Å². The number of carbonyl (C=O) groups is 3. The average molecular weight is 1160 g/mol. The number of hydrogen-bond acceptors (Lipinski definition) is 6. The maximum absolute atomic E-state index is 13.0. The lowest BCUT2D eigenvalue weighted by Gasteiger charge is -2.18. The molecule has 0 bridgehead atoms. The van der Waals surface area contributed by atoms with E-state index in [0.29, 0.717) is 19.3 Å². The van der Waals surface area contributed by atoms with E-state index in [2.05, 4.69) is 20.8 Å². The van der Waals surface area contributed by atoms with E-state index in [0.717, 1.165) is 57.8 Å². The SMILES string of the molecule is CCCCCCCCCCCCCCCCCCCCCCCCCCCCCCC(=O)OCC(COC(=O)CCCCCCCCCCCCCCCC)OC(=O)CCCCCCCCCCCCCCCCCCCCCCCC. The molecule has 0 saturated heterocycles. The zero-order chi connectivity index (χ0) is 59.2. The molecular formula is C76H148O6. The summed E-state index contributed by atoms with van der Waals surface area (Å²) in [7, 11) is 0. The van der Waals surface area contributed by atoms with Crippen LogP contribution in [-0.2, 0) is 28.6 Å². The summed E-state index contributed by atoms with van der Waals surface area (Å²) in [6.45, 7) is 6.75. The van der Waals surface area contributed by atoms with E-state index in [4.69, 9.17) is 14.2 Å². The molecule has 1 atom stereocenters.